The molecule has 0 bridgehead atoms. The summed E-state index contributed by atoms with van der Waals surface area (Å²) in [6, 6.07) is 2.63. The fourth-order valence-electron chi connectivity index (χ4n) is 2.35. The highest BCUT2D eigenvalue weighted by Gasteiger charge is 2.30. The number of nitrogens with one attached hydrogen (secondary N) is 1. The lowest BCUT2D eigenvalue weighted by atomic mass is 9.93. The molecule has 1 aliphatic rings. The molecule has 1 heterocycles. The molecule has 19 heavy (non-hydrogen) atoms. The van der Waals surface area contributed by atoms with Crippen LogP contribution < -0.4 is 5.32 Å². The fraction of sp³-hybridized carbons (Fsp3) is 0.615. The van der Waals surface area contributed by atoms with E-state index in [1.165, 1.54) is 6.07 Å². The quantitative estimate of drug-likeness (QED) is 0.916. The molecule has 0 radical (unpaired) electrons. The van der Waals surface area contributed by atoms with Gasteiger partial charge < -0.3 is 10.1 Å². The molecular weight excluding hydrogens is 257 g/mol. The molecule has 1 aromatic heterocycles. The number of methoxy groups -OCH3 is 1. The molecule has 1 aliphatic carbocycles. The molecule has 1 N–H and O–H groups in total. The zero-order chi connectivity index (χ0) is 13.9. The molecule has 0 aliphatic heterocycles. The van der Waals surface area contributed by atoms with Crippen molar-refractivity contribution in [2.24, 2.45) is 0 Å². The van der Waals surface area contributed by atoms with Crippen molar-refractivity contribution >= 4 is 5.82 Å². The first-order valence-corrected chi connectivity index (χ1v) is 6.31. The lowest BCUT2D eigenvalue weighted by Crippen LogP contribution is -2.31. The monoisotopic (exact) mass is 274 g/mol. The Hall–Kier alpha value is -1.30. The number of ether oxygens (including phenoxy) is 1. The number of halogens is 3. The Balaban J connectivity index is 1.96. The average molecular weight is 274 g/mol. The van der Waals surface area contributed by atoms with E-state index in [1.54, 1.807) is 7.11 Å². The highest BCUT2D eigenvalue weighted by Crippen LogP contribution is 2.29. The summed E-state index contributed by atoms with van der Waals surface area (Å²) in [5, 5.41) is 3.17. The number of alkyl halides is 3. The Labute approximate surface area is 110 Å². The minimum absolute atomic E-state index is 0.211. The van der Waals surface area contributed by atoms with E-state index in [2.05, 4.69) is 10.3 Å². The third-order valence-corrected chi connectivity index (χ3v) is 3.40. The van der Waals surface area contributed by atoms with Crippen molar-refractivity contribution in [1.82, 2.24) is 4.98 Å². The predicted octanol–water partition coefficient (Wildman–Crippen LogP) is 3.47. The second-order valence-electron chi connectivity index (χ2n) is 4.80. The standard InChI is InChI=1S/C13H17F3N2O/c1-19-11-4-2-3-10(7-11)18-12-6-5-9(8-17-12)13(14,15)16/h5-6,8,10-11H,2-4,7H2,1H3,(H,17,18). The molecule has 3 nitrogen and oxygen atoms in total. The van der Waals surface area contributed by atoms with E-state index < -0.39 is 11.7 Å². The normalized spacial score (nSPS) is 24.2. The largest absolute Gasteiger partial charge is 0.417 e. The second-order valence-corrected chi connectivity index (χ2v) is 4.80. The second kappa shape index (κ2) is 5.77. The van der Waals surface area contributed by atoms with Gasteiger partial charge >= 0.3 is 6.18 Å². The number of anilines is 1. The Kier molecular flexibility index (Phi) is 4.29. The Bertz CT molecular complexity index is 405. The summed E-state index contributed by atoms with van der Waals surface area (Å²) < 4.78 is 42.5. The first-order chi connectivity index (χ1) is 8.99. The van der Waals surface area contributed by atoms with Gasteiger partial charge in [-0.1, -0.05) is 0 Å². The number of aromatic nitrogens is 1. The van der Waals surface area contributed by atoms with E-state index in [-0.39, 0.29) is 12.1 Å². The minimum atomic E-state index is -4.34. The highest BCUT2D eigenvalue weighted by molar-refractivity contribution is 5.37. The van der Waals surface area contributed by atoms with Gasteiger partial charge in [0.1, 0.15) is 5.82 Å². The molecule has 2 atom stereocenters. The maximum atomic E-state index is 12.4. The maximum absolute atomic E-state index is 12.4. The van der Waals surface area contributed by atoms with Crippen LogP contribution >= 0.6 is 0 Å². The van der Waals surface area contributed by atoms with Crippen molar-refractivity contribution < 1.29 is 17.9 Å². The van der Waals surface area contributed by atoms with Crippen LogP contribution in [0.3, 0.4) is 0 Å². The Morgan fingerprint density at radius 2 is 2.11 bits per heavy atom. The SMILES string of the molecule is COC1CCCC(Nc2ccc(C(F)(F)F)cn2)C1. The van der Waals surface area contributed by atoms with Gasteiger partial charge in [0.2, 0.25) is 0 Å². The average Bonchev–Trinajstić information content (AvgIpc) is 2.38. The van der Waals surface area contributed by atoms with Crippen LogP contribution in [0.15, 0.2) is 18.3 Å². The first-order valence-electron chi connectivity index (χ1n) is 6.31. The van der Waals surface area contributed by atoms with Gasteiger partial charge in [0.25, 0.3) is 0 Å². The lowest BCUT2D eigenvalue weighted by molar-refractivity contribution is -0.137. The molecule has 0 saturated heterocycles. The molecule has 1 aromatic rings. The Morgan fingerprint density at radius 1 is 1.32 bits per heavy atom. The molecule has 2 rings (SSSR count). The third kappa shape index (κ3) is 3.83. The van der Waals surface area contributed by atoms with Crippen molar-refractivity contribution in [2.75, 3.05) is 12.4 Å². The third-order valence-electron chi connectivity index (χ3n) is 3.40. The van der Waals surface area contributed by atoms with Crippen LogP contribution in [0.25, 0.3) is 0 Å². The van der Waals surface area contributed by atoms with Crippen molar-refractivity contribution in [3.63, 3.8) is 0 Å². The first kappa shape index (κ1) is 14.1. The van der Waals surface area contributed by atoms with Crippen LogP contribution in [0.1, 0.15) is 31.2 Å². The van der Waals surface area contributed by atoms with Crippen LogP contribution in [0.2, 0.25) is 0 Å². The summed E-state index contributed by atoms with van der Waals surface area (Å²) in [4.78, 5) is 3.82. The van der Waals surface area contributed by atoms with E-state index in [4.69, 9.17) is 4.74 Å². The van der Waals surface area contributed by atoms with E-state index in [9.17, 15) is 13.2 Å². The molecule has 0 spiro atoms. The van der Waals surface area contributed by atoms with Crippen LogP contribution in [0.5, 0.6) is 0 Å². The van der Waals surface area contributed by atoms with E-state index in [1.807, 2.05) is 0 Å². The highest BCUT2D eigenvalue weighted by atomic mass is 19.4. The summed E-state index contributed by atoms with van der Waals surface area (Å²) in [6.07, 6.45) is 0.685. The van der Waals surface area contributed by atoms with E-state index in [0.29, 0.717) is 5.82 Å². The van der Waals surface area contributed by atoms with Gasteiger partial charge in [-0.2, -0.15) is 13.2 Å². The predicted molar refractivity (Wildman–Crippen MR) is 65.9 cm³/mol. The molecule has 0 aromatic carbocycles. The number of hydrogen-bond acceptors (Lipinski definition) is 3. The van der Waals surface area contributed by atoms with Crippen LogP contribution in [-0.2, 0) is 10.9 Å². The van der Waals surface area contributed by atoms with Gasteiger partial charge in [0, 0.05) is 19.3 Å². The van der Waals surface area contributed by atoms with Crippen LogP contribution in [0, 0.1) is 0 Å². The molecule has 0 amide bonds. The summed E-state index contributed by atoms with van der Waals surface area (Å²) in [5.41, 5.74) is -0.725. The van der Waals surface area contributed by atoms with Gasteiger partial charge in [-0.05, 0) is 37.8 Å². The van der Waals surface area contributed by atoms with Gasteiger partial charge in [0.15, 0.2) is 0 Å². The molecule has 1 fully saturated rings. The van der Waals surface area contributed by atoms with Crippen LogP contribution in [0.4, 0.5) is 19.0 Å². The molecule has 106 valence electrons. The zero-order valence-electron chi connectivity index (χ0n) is 10.7. The summed E-state index contributed by atoms with van der Waals surface area (Å²) >= 11 is 0. The lowest BCUT2D eigenvalue weighted by Gasteiger charge is -2.29. The number of hydrogen-bond donors (Lipinski definition) is 1. The van der Waals surface area contributed by atoms with E-state index in [0.717, 1.165) is 37.9 Å². The zero-order valence-corrected chi connectivity index (χ0v) is 10.7. The summed E-state index contributed by atoms with van der Waals surface area (Å²) in [5.74, 6) is 0.481. The number of nitrogens with zero attached hydrogens (tertiary/aromatic N) is 1. The van der Waals surface area contributed by atoms with Crippen molar-refractivity contribution in [3.05, 3.63) is 23.9 Å². The van der Waals surface area contributed by atoms with E-state index >= 15 is 0 Å². The smallest absolute Gasteiger partial charge is 0.381 e. The molecule has 2 unspecified atom stereocenters. The van der Waals surface area contributed by atoms with Gasteiger partial charge in [0.05, 0.1) is 11.7 Å². The van der Waals surface area contributed by atoms with Gasteiger partial charge in [-0.25, -0.2) is 4.98 Å². The van der Waals surface area contributed by atoms with Crippen LogP contribution in [-0.4, -0.2) is 24.2 Å². The number of rotatable bonds is 3. The van der Waals surface area contributed by atoms with Gasteiger partial charge in [-0.3, -0.25) is 0 Å². The number of pyridine rings is 1. The molecular formula is C13H17F3N2O. The summed E-state index contributed by atoms with van der Waals surface area (Å²) in [7, 11) is 1.68. The fourth-order valence-corrected chi connectivity index (χ4v) is 2.35. The maximum Gasteiger partial charge on any atom is 0.417 e. The topological polar surface area (TPSA) is 34.1 Å². The molecule has 1 saturated carbocycles. The van der Waals surface area contributed by atoms with Crippen molar-refractivity contribution in [3.8, 4) is 0 Å². The minimum Gasteiger partial charge on any atom is -0.381 e. The van der Waals surface area contributed by atoms with Crippen molar-refractivity contribution in [1.29, 1.82) is 0 Å². The molecule has 6 heteroatoms. The Morgan fingerprint density at radius 3 is 2.68 bits per heavy atom. The van der Waals surface area contributed by atoms with Crippen molar-refractivity contribution in [2.45, 2.75) is 44.0 Å². The summed E-state index contributed by atoms with van der Waals surface area (Å²) in [6.45, 7) is 0. The van der Waals surface area contributed by atoms with Gasteiger partial charge in [-0.15, -0.1) is 0 Å².